The highest BCUT2D eigenvalue weighted by Crippen LogP contribution is 2.28. The Kier molecular flexibility index (Phi) is 6.40. The molecule has 1 atom stereocenters. The van der Waals surface area contributed by atoms with Gasteiger partial charge in [0, 0.05) is 36.7 Å². The zero-order valence-electron chi connectivity index (χ0n) is 16.0. The number of pyridine rings is 1. The first-order valence-electron chi connectivity index (χ1n) is 9.63. The summed E-state index contributed by atoms with van der Waals surface area (Å²) in [4.78, 5) is 6.68. The molecule has 152 valence electrons. The molecule has 0 spiro atoms. The molecule has 1 aliphatic rings. The standard InChI is InChI=1S/C20H24N6O2S/c27-29(28)22-12-16-10-18(13-21-11-16)17-6-8-25(9-7-17)14-19-15-26(24-23-19)20-4-2-1-3-5-20/h1-5,10-11,13,15,17,22H,6-9,12,14H2,(H,27,28)/p-1. The second-order valence-electron chi connectivity index (χ2n) is 7.22. The maximum Gasteiger partial charge on any atom is 0.0971 e. The van der Waals surface area contributed by atoms with E-state index in [1.54, 1.807) is 6.20 Å². The number of piperidine rings is 1. The van der Waals surface area contributed by atoms with Gasteiger partial charge < -0.3 is 4.55 Å². The Bertz CT molecular complexity index is 956. The predicted octanol–water partition coefficient (Wildman–Crippen LogP) is 1.93. The summed E-state index contributed by atoms with van der Waals surface area (Å²) in [5.74, 6) is 0.441. The van der Waals surface area contributed by atoms with Crippen molar-refractivity contribution in [2.75, 3.05) is 13.1 Å². The van der Waals surface area contributed by atoms with Crippen molar-refractivity contribution in [2.24, 2.45) is 0 Å². The molecular formula is C20H23N6O2S-. The van der Waals surface area contributed by atoms with E-state index < -0.39 is 11.3 Å². The molecule has 29 heavy (non-hydrogen) atoms. The average molecular weight is 412 g/mol. The summed E-state index contributed by atoms with van der Waals surface area (Å²) in [5, 5.41) is 8.55. The van der Waals surface area contributed by atoms with Crippen molar-refractivity contribution in [3.63, 3.8) is 0 Å². The third-order valence-corrected chi connectivity index (χ3v) is 5.60. The van der Waals surface area contributed by atoms with Crippen LogP contribution in [0.1, 0.15) is 35.6 Å². The molecular weight excluding hydrogens is 388 g/mol. The molecule has 4 rings (SSSR count). The predicted molar refractivity (Wildman–Crippen MR) is 109 cm³/mol. The summed E-state index contributed by atoms with van der Waals surface area (Å²) in [6, 6.07) is 12.0. The van der Waals surface area contributed by atoms with E-state index in [0.29, 0.717) is 5.92 Å². The third-order valence-electron chi connectivity index (χ3n) is 5.22. The van der Waals surface area contributed by atoms with Crippen molar-refractivity contribution in [1.29, 1.82) is 0 Å². The minimum absolute atomic E-state index is 0.271. The van der Waals surface area contributed by atoms with Gasteiger partial charge in [-0.15, -0.1) is 5.10 Å². The fraction of sp³-hybridized carbons (Fsp3) is 0.350. The van der Waals surface area contributed by atoms with Crippen LogP contribution in [0, 0.1) is 0 Å². The number of rotatable bonds is 7. The van der Waals surface area contributed by atoms with Crippen LogP contribution in [0.4, 0.5) is 0 Å². The molecule has 1 N–H and O–H groups in total. The Morgan fingerprint density at radius 2 is 1.97 bits per heavy atom. The van der Waals surface area contributed by atoms with Gasteiger partial charge in [0.15, 0.2) is 0 Å². The van der Waals surface area contributed by atoms with E-state index in [2.05, 4.69) is 31.0 Å². The number of para-hydroxylation sites is 1. The van der Waals surface area contributed by atoms with Gasteiger partial charge in [0.25, 0.3) is 0 Å². The molecule has 1 aliphatic heterocycles. The minimum atomic E-state index is -2.26. The van der Waals surface area contributed by atoms with Gasteiger partial charge in [0.2, 0.25) is 0 Å². The second-order valence-corrected chi connectivity index (χ2v) is 7.98. The molecule has 0 aliphatic carbocycles. The lowest BCUT2D eigenvalue weighted by Gasteiger charge is -2.31. The van der Waals surface area contributed by atoms with Gasteiger partial charge in [-0.3, -0.25) is 14.1 Å². The Labute approximate surface area is 172 Å². The second kappa shape index (κ2) is 9.36. The van der Waals surface area contributed by atoms with Crippen LogP contribution in [0.25, 0.3) is 5.69 Å². The van der Waals surface area contributed by atoms with Gasteiger partial charge in [-0.05, 0) is 55.1 Å². The van der Waals surface area contributed by atoms with Crippen molar-refractivity contribution in [1.82, 2.24) is 29.6 Å². The largest absolute Gasteiger partial charge is 0.760 e. The lowest BCUT2D eigenvalue weighted by molar-refractivity contribution is 0.202. The number of hydrogen-bond acceptors (Lipinski definition) is 6. The fourth-order valence-corrected chi connectivity index (χ4v) is 3.99. The van der Waals surface area contributed by atoms with Crippen molar-refractivity contribution >= 4 is 11.3 Å². The summed E-state index contributed by atoms with van der Waals surface area (Å²) < 4.78 is 25.6. The van der Waals surface area contributed by atoms with E-state index in [0.717, 1.165) is 49.4 Å². The molecule has 1 unspecified atom stereocenters. The summed E-state index contributed by atoms with van der Waals surface area (Å²) in [5.41, 5.74) is 4.03. The number of aromatic nitrogens is 4. The average Bonchev–Trinajstić information content (AvgIpc) is 3.22. The molecule has 3 aromatic rings. The van der Waals surface area contributed by atoms with Gasteiger partial charge in [-0.25, -0.2) is 9.40 Å². The molecule has 0 bridgehead atoms. The first-order chi connectivity index (χ1) is 14.2. The smallest absolute Gasteiger partial charge is 0.0971 e. The molecule has 0 amide bonds. The fourth-order valence-electron chi connectivity index (χ4n) is 3.70. The summed E-state index contributed by atoms with van der Waals surface area (Å²) in [6.07, 6.45) is 7.66. The highest BCUT2D eigenvalue weighted by Gasteiger charge is 2.22. The molecule has 1 aromatic carbocycles. The zero-order chi connectivity index (χ0) is 20.1. The van der Waals surface area contributed by atoms with Crippen LogP contribution in [0.5, 0.6) is 0 Å². The number of hydrogen-bond donors (Lipinski definition) is 1. The molecule has 0 radical (unpaired) electrons. The molecule has 9 heteroatoms. The van der Waals surface area contributed by atoms with Crippen LogP contribution in [0.2, 0.25) is 0 Å². The quantitative estimate of drug-likeness (QED) is 0.597. The zero-order valence-corrected chi connectivity index (χ0v) is 16.8. The highest BCUT2D eigenvalue weighted by molar-refractivity contribution is 7.77. The summed E-state index contributed by atoms with van der Waals surface area (Å²) in [6.45, 7) is 3.02. The van der Waals surface area contributed by atoms with Gasteiger partial charge in [-0.1, -0.05) is 29.5 Å². The van der Waals surface area contributed by atoms with E-state index in [1.165, 1.54) is 5.56 Å². The Morgan fingerprint density at radius 1 is 1.17 bits per heavy atom. The van der Waals surface area contributed by atoms with Crippen molar-refractivity contribution in [3.8, 4) is 5.69 Å². The molecule has 1 saturated heterocycles. The van der Waals surface area contributed by atoms with E-state index >= 15 is 0 Å². The molecule has 2 aromatic heterocycles. The Hall–Kier alpha value is -2.46. The normalized spacial score (nSPS) is 16.7. The number of nitrogens with one attached hydrogen (secondary N) is 1. The van der Waals surface area contributed by atoms with E-state index in [1.807, 2.05) is 47.4 Å². The molecule has 8 nitrogen and oxygen atoms in total. The molecule has 3 heterocycles. The minimum Gasteiger partial charge on any atom is -0.760 e. The van der Waals surface area contributed by atoms with Crippen molar-refractivity contribution in [3.05, 3.63) is 71.8 Å². The van der Waals surface area contributed by atoms with Crippen LogP contribution < -0.4 is 4.72 Å². The number of benzene rings is 1. The maximum absolute atomic E-state index is 10.7. The van der Waals surface area contributed by atoms with E-state index in [-0.39, 0.29) is 6.54 Å². The number of nitrogens with zero attached hydrogens (tertiary/aromatic N) is 5. The summed E-state index contributed by atoms with van der Waals surface area (Å²) in [7, 11) is 0. The Balaban J connectivity index is 1.31. The van der Waals surface area contributed by atoms with Crippen molar-refractivity contribution < 1.29 is 8.76 Å². The topological polar surface area (TPSA) is 99.0 Å². The van der Waals surface area contributed by atoms with Crippen LogP contribution in [0.15, 0.2) is 55.0 Å². The number of likely N-dealkylation sites (tertiary alicyclic amines) is 1. The molecule has 1 fully saturated rings. The summed E-state index contributed by atoms with van der Waals surface area (Å²) >= 11 is -2.26. The van der Waals surface area contributed by atoms with E-state index in [9.17, 15) is 8.76 Å². The molecule has 0 saturated carbocycles. The first-order valence-corrected chi connectivity index (χ1v) is 10.7. The van der Waals surface area contributed by atoms with Crippen LogP contribution in [-0.4, -0.2) is 46.7 Å². The van der Waals surface area contributed by atoms with E-state index in [4.69, 9.17) is 0 Å². The van der Waals surface area contributed by atoms with Gasteiger partial charge in [-0.2, -0.15) is 0 Å². The maximum atomic E-state index is 10.7. The van der Waals surface area contributed by atoms with Gasteiger partial charge in [0.1, 0.15) is 0 Å². The third kappa shape index (κ3) is 5.33. The van der Waals surface area contributed by atoms with Crippen LogP contribution in [-0.2, 0) is 24.4 Å². The van der Waals surface area contributed by atoms with Crippen LogP contribution >= 0.6 is 0 Å². The lowest BCUT2D eigenvalue weighted by atomic mass is 9.90. The SMILES string of the molecule is O=S([O-])NCc1cncc(C2CCN(Cc3cn(-c4ccccc4)nn3)CC2)c1. The highest BCUT2D eigenvalue weighted by atomic mass is 32.2. The first kappa shape index (κ1) is 19.8. The monoisotopic (exact) mass is 411 g/mol. The Morgan fingerprint density at radius 3 is 2.72 bits per heavy atom. The van der Waals surface area contributed by atoms with Crippen LogP contribution in [0.3, 0.4) is 0 Å². The van der Waals surface area contributed by atoms with Gasteiger partial charge in [0.05, 0.1) is 17.6 Å². The lowest BCUT2D eigenvalue weighted by Crippen LogP contribution is -2.32. The van der Waals surface area contributed by atoms with Gasteiger partial charge >= 0.3 is 0 Å². The van der Waals surface area contributed by atoms with Crippen molar-refractivity contribution in [2.45, 2.75) is 31.8 Å².